The highest BCUT2D eigenvalue weighted by Crippen LogP contribution is 2.33. The van der Waals surface area contributed by atoms with Gasteiger partial charge in [0.15, 0.2) is 18.9 Å². The minimum absolute atomic E-state index is 0.250. The van der Waals surface area contributed by atoms with E-state index in [0.717, 1.165) is 44.9 Å². The van der Waals surface area contributed by atoms with Gasteiger partial charge in [-0.25, -0.2) is 0 Å². The first kappa shape index (κ1) is 88.7. The van der Waals surface area contributed by atoms with E-state index in [1.807, 2.05) is 6.08 Å². The highest BCUT2D eigenvalue weighted by Gasteiger charge is 2.54. The normalized spacial score (nSPS) is 27.0. The van der Waals surface area contributed by atoms with Gasteiger partial charge in [0, 0.05) is 6.42 Å². The van der Waals surface area contributed by atoms with Crippen molar-refractivity contribution in [2.75, 3.05) is 26.4 Å². The molecule has 12 N–H and O–H groups in total. The summed E-state index contributed by atoms with van der Waals surface area (Å²) < 4.78 is 34.4. The molecule has 3 rings (SSSR count). The maximum Gasteiger partial charge on any atom is 0.220 e. The molecular weight excluding hydrogens is 1230 g/mol. The molecule has 96 heavy (non-hydrogen) atoms. The first-order valence-corrected chi connectivity index (χ1v) is 39.9. The van der Waals surface area contributed by atoms with Crippen LogP contribution >= 0.6 is 0 Å². The van der Waals surface area contributed by atoms with Crippen LogP contribution < -0.4 is 5.32 Å². The van der Waals surface area contributed by atoms with Crippen molar-refractivity contribution < 1.29 is 89.4 Å². The standard InChI is InChI=1S/C77H147NO18/c1-3-5-7-9-11-13-15-17-19-21-23-25-26-27-28-29-30-31-32-33-34-35-37-39-41-43-45-47-49-51-53-55-65(83)78-60(61(82)54-52-50-48-46-44-42-40-38-36-24-22-20-18-16-14-12-10-8-6-4-2)59-91-75-71(89)68(86)73(63(57-80)93-75)96-77-72(90)69(87)74(64(58-81)94-77)95-76-70(88)67(85)66(84)62(56-79)92-76/h52,54,60-64,66-77,79-82,84-90H,3-51,53,55-59H2,1-2H3,(H,78,83)/b54-52+. The Morgan fingerprint density at radius 1 is 0.365 bits per heavy atom. The number of nitrogens with one attached hydrogen (secondary N) is 1. The number of aliphatic hydroxyl groups excluding tert-OH is 11. The van der Waals surface area contributed by atoms with Gasteiger partial charge < -0.3 is 89.9 Å². The van der Waals surface area contributed by atoms with Crippen LogP contribution in [0.5, 0.6) is 0 Å². The van der Waals surface area contributed by atoms with E-state index < -0.39 is 124 Å². The zero-order valence-electron chi connectivity index (χ0n) is 60.6. The van der Waals surface area contributed by atoms with Gasteiger partial charge in [0.05, 0.1) is 38.6 Å². The lowest BCUT2D eigenvalue weighted by Crippen LogP contribution is -2.66. The second-order valence-corrected chi connectivity index (χ2v) is 28.9. The number of unbranched alkanes of at least 4 members (excludes halogenated alkanes) is 48. The number of hydrogen-bond donors (Lipinski definition) is 12. The van der Waals surface area contributed by atoms with Crippen LogP contribution in [0.4, 0.5) is 0 Å². The fourth-order valence-corrected chi connectivity index (χ4v) is 13.9. The van der Waals surface area contributed by atoms with Gasteiger partial charge in [-0.15, -0.1) is 0 Å². The number of amides is 1. The third-order valence-electron chi connectivity index (χ3n) is 20.3. The van der Waals surface area contributed by atoms with E-state index in [0.29, 0.717) is 6.42 Å². The number of carbonyl (C=O) groups is 1. The smallest absolute Gasteiger partial charge is 0.220 e. The molecule has 0 aromatic heterocycles. The van der Waals surface area contributed by atoms with Crippen molar-refractivity contribution in [1.82, 2.24) is 5.32 Å². The van der Waals surface area contributed by atoms with Crippen LogP contribution in [0.2, 0.25) is 0 Å². The summed E-state index contributed by atoms with van der Waals surface area (Å²) in [5.41, 5.74) is 0. The Morgan fingerprint density at radius 2 is 0.646 bits per heavy atom. The molecule has 19 nitrogen and oxygen atoms in total. The molecule has 0 aromatic rings. The van der Waals surface area contributed by atoms with Crippen molar-refractivity contribution in [1.29, 1.82) is 0 Å². The molecule has 0 aromatic carbocycles. The topological polar surface area (TPSA) is 307 Å². The average molecular weight is 1380 g/mol. The van der Waals surface area contributed by atoms with Crippen molar-refractivity contribution in [3.05, 3.63) is 12.2 Å². The Bertz CT molecular complexity index is 1790. The molecule has 0 spiro atoms. The zero-order valence-corrected chi connectivity index (χ0v) is 60.6. The van der Waals surface area contributed by atoms with E-state index in [2.05, 4.69) is 19.2 Å². The molecule has 3 aliphatic heterocycles. The Morgan fingerprint density at radius 3 is 0.979 bits per heavy atom. The third kappa shape index (κ3) is 39.3. The molecule has 3 fully saturated rings. The Kier molecular flexibility index (Phi) is 54.5. The average Bonchev–Trinajstić information content (AvgIpc) is 0.787. The lowest BCUT2D eigenvalue weighted by Gasteiger charge is -2.48. The summed E-state index contributed by atoms with van der Waals surface area (Å²) in [4.78, 5) is 13.5. The fraction of sp³-hybridized carbons (Fsp3) is 0.961. The van der Waals surface area contributed by atoms with E-state index in [4.69, 9.17) is 28.4 Å². The summed E-state index contributed by atoms with van der Waals surface area (Å²) in [5, 5.41) is 121. The van der Waals surface area contributed by atoms with Gasteiger partial charge in [0.1, 0.15) is 73.2 Å². The molecule has 3 saturated heterocycles. The second-order valence-electron chi connectivity index (χ2n) is 28.9. The third-order valence-corrected chi connectivity index (χ3v) is 20.3. The van der Waals surface area contributed by atoms with Gasteiger partial charge in [0.25, 0.3) is 0 Å². The van der Waals surface area contributed by atoms with Crippen LogP contribution in [0.3, 0.4) is 0 Å². The molecule has 568 valence electrons. The number of aliphatic hydroxyl groups is 11. The van der Waals surface area contributed by atoms with E-state index in [-0.39, 0.29) is 18.9 Å². The Hall–Kier alpha value is -1.47. The van der Waals surface area contributed by atoms with Crippen molar-refractivity contribution in [2.45, 2.75) is 446 Å². The maximum absolute atomic E-state index is 13.5. The van der Waals surface area contributed by atoms with E-state index in [1.165, 1.54) is 270 Å². The SMILES string of the molecule is CCCCCCCCCCCCCCCCCCCC/C=C/C(O)C(COC1OC(CO)C(OC2OC(CO)C(OC3OC(CO)C(O)C(O)C3O)C(O)C2O)C(O)C1O)NC(=O)CCCCCCCCCCCCCCCCCCCCCCCCCCCCCCCCC. The first-order chi connectivity index (χ1) is 46.8. The van der Waals surface area contributed by atoms with Gasteiger partial charge in [-0.3, -0.25) is 4.79 Å². The molecule has 0 radical (unpaired) electrons. The van der Waals surface area contributed by atoms with Crippen LogP contribution in [-0.2, 0) is 33.2 Å². The van der Waals surface area contributed by atoms with Crippen LogP contribution in [0.25, 0.3) is 0 Å². The van der Waals surface area contributed by atoms with Gasteiger partial charge in [0.2, 0.25) is 5.91 Å². The van der Waals surface area contributed by atoms with Gasteiger partial charge >= 0.3 is 0 Å². The van der Waals surface area contributed by atoms with Gasteiger partial charge in [-0.05, 0) is 19.3 Å². The number of ether oxygens (including phenoxy) is 6. The van der Waals surface area contributed by atoms with Gasteiger partial charge in [-0.1, -0.05) is 328 Å². The van der Waals surface area contributed by atoms with E-state index in [1.54, 1.807) is 6.08 Å². The first-order valence-electron chi connectivity index (χ1n) is 39.9. The van der Waals surface area contributed by atoms with Crippen LogP contribution in [0.1, 0.15) is 341 Å². The molecule has 1 amide bonds. The summed E-state index contributed by atoms with van der Waals surface area (Å²) in [6.07, 6.45) is 42.0. The van der Waals surface area contributed by atoms with Gasteiger partial charge in [-0.2, -0.15) is 0 Å². The summed E-state index contributed by atoms with van der Waals surface area (Å²) >= 11 is 0. The van der Waals surface area contributed by atoms with Crippen molar-refractivity contribution >= 4 is 5.91 Å². The van der Waals surface area contributed by atoms with Crippen LogP contribution in [-0.4, -0.2) is 193 Å². The highest BCUT2D eigenvalue weighted by molar-refractivity contribution is 5.76. The predicted molar refractivity (Wildman–Crippen MR) is 379 cm³/mol. The molecule has 0 aliphatic carbocycles. The summed E-state index contributed by atoms with van der Waals surface area (Å²) in [6, 6.07) is -0.970. The molecule has 17 unspecified atom stereocenters. The minimum Gasteiger partial charge on any atom is -0.394 e. The molecular formula is C77H147NO18. The van der Waals surface area contributed by atoms with Crippen LogP contribution in [0.15, 0.2) is 12.2 Å². The van der Waals surface area contributed by atoms with Crippen molar-refractivity contribution in [3.63, 3.8) is 0 Å². The zero-order chi connectivity index (χ0) is 69.6. The predicted octanol–water partition coefficient (Wildman–Crippen LogP) is 12.8. The lowest BCUT2D eigenvalue weighted by molar-refractivity contribution is -0.379. The van der Waals surface area contributed by atoms with E-state index >= 15 is 0 Å². The summed E-state index contributed by atoms with van der Waals surface area (Å²) in [5.74, 6) is -0.267. The Balaban J connectivity index is 1.36. The lowest BCUT2D eigenvalue weighted by atomic mass is 9.96. The minimum atomic E-state index is -1.98. The van der Waals surface area contributed by atoms with E-state index in [9.17, 15) is 61.0 Å². The molecule has 3 heterocycles. The number of allylic oxidation sites excluding steroid dienone is 1. The summed E-state index contributed by atoms with van der Waals surface area (Å²) in [7, 11) is 0. The Labute approximate surface area is 582 Å². The van der Waals surface area contributed by atoms with Crippen LogP contribution in [0, 0.1) is 0 Å². The number of rotatable bonds is 64. The molecule has 17 atom stereocenters. The molecule has 0 saturated carbocycles. The number of carbonyl (C=O) groups excluding carboxylic acids is 1. The van der Waals surface area contributed by atoms with Crippen molar-refractivity contribution in [2.24, 2.45) is 0 Å². The second kappa shape index (κ2) is 59.0. The fourth-order valence-electron chi connectivity index (χ4n) is 13.9. The number of hydrogen-bond acceptors (Lipinski definition) is 18. The van der Waals surface area contributed by atoms with Crippen molar-refractivity contribution in [3.8, 4) is 0 Å². The quantitative estimate of drug-likeness (QED) is 0.0199. The summed E-state index contributed by atoms with van der Waals surface area (Å²) in [6.45, 7) is 1.80. The molecule has 3 aliphatic rings. The molecule has 19 heteroatoms. The maximum atomic E-state index is 13.5. The molecule has 0 bridgehead atoms. The largest absolute Gasteiger partial charge is 0.394 e. The highest BCUT2D eigenvalue weighted by atomic mass is 16.8. The monoisotopic (exact) mass is 1370 g/mol.